The third-order valence-electron chi connectivity index (χ3n) is 5.91. The summed E-state index contributed by atoms with van der Waals surface area (Å²) in [7, 11) is 2.18. The SMILES string of the molecule is Cc1ccc(C)c(OCCCCC(=O)NCc2ccc(CN3CCN(C)CC3)cc2)c1. The van der Waals surface area contributed by atoms with Gasteiger partial charge in [0.05, 0.1) is 6.61 Å². The summed E-state index contributed by atoms with van der Waals surface area (Å²) in [6.07, 6.45) is 2.25. The predicted octanol–water partition coefficient (Wildman–Crippen LogP) is 3.92. The number of benzene rings is 2. The van der Waals surface area contributed by atoms with Crippen LogP contribution in [0.2, 0.25) is 0 Å². The Morgan fingerprint density at radius 3 is 2.42 bits per heavy atom. The zero-order chi connectivity index (χ0) is 22.1. The lowest BCUT2D eigenvalue weighted by atomic mass is 10.1. The van der Waals surface area contributed by atoms with Crippen molar-refractivity contribution in [2.24, 2.45) is 0 Å². The molecule has 0 atom stereocenters. The van der Waals surface area contributed by atoms with Crippen molar-refractivity contribution in [3.8, 4) is 5.75 Å². The highest BCUT2D eigenvalue weighted by Crippen LogP contribution is 2.19. The van der Waals surface area contributed by atoms with Gasteiger partial charge in [-0.2, -0.15) is 0 Å². The molecule has 2 aromatic rings. The summed E-state index contributed by atoms with van der Waals surface area (Å²) in [5.74, 6) is 1.05. The van der Waals surface area contributed by atoms with Crippen LogP contribution in [0.3, 0.4) is 0 Å². The average molecular weight is 424 g/mol. The molecule has 0 bridgehead atoms. The lowest BCUT2D eigenvalue weighted by molar-refractivity contribution is -0.121. The molecule has 1 heterocycles. The Labute approximate surface area is 187 Å². The average Bonchev–Trinajstić information content (AvgIpc) is 2.77. The number of nitrogens with zero attached hydrogens (tertiary/aromatic N) is 2. The zero-order valence-electron chi connectivity index (χ0n) is 19.3. The van der Waals surface area contributed by atoms with E-state index in [1.807, 2.05) is 0 Å². The van der Waals surface area contributed by atoms with Gasteiger partial charge in [-0.05, 0) is 62.1 Å². The van der Waals surface area contributed by atoms with Crippen molar-refractivity contribution in [3.05, 3.63) is 64.7 Å². The zero-order valence-corrected chi connectivity index (χ0v) is 19.3. The van der Waals surface area contributed by atoms with Gasteiger partial charge in [0.15, 0.2) is 0 Å². The first kappa shape index (κ1) is 23.3. The minimum atomic E-state index is 0.105. The Balaban J connectivity index is 1.29. The quantitative estimate of drug-likeness (QED) is 0.589. The molecule has 5 nitrogen and oxygen atoms in total. The maximum Gasteiger partial charge on any atom is 0.220 e. The van der Waals surface area contributed by atoms with Crippen LogP contribution in [0.25, 0.3) is 0 Å². The highest BCUT2D eigenvalue weighted by Gasteiger charge is 2.13. The van der Waals surface area contributed by atoms with Crippen LogP contribution in [0.15, 0.2) is 42.5 Å². The van der Waals surface area contributed by atoms with Crippen molar-refractivity contribution >= 4 is 5.91 Å². The standard InChI is InChI=1S/C26H37N3O2/c1-21-7-8-22(2)25(18-21)31-17-5-4-6-26(30)27-19-23-9-11-24(12-10-23)20-29-15-13-28(3)14-16-29/h7-12,18H,4-6,13-17,19-20H2,1-3H3,(H,27,30). The Morgan fingerprint density at radius 2 is 1.68 bits per heavy atom. The molecular formula is C26H37N3O2. The van der Waals surface area contributed by atoms with E-state index in [0.717, 1.165) is 62.4 Å². The monoisotopic (exact) mass is 423 g/mol. The molecule has 1 aliphatic heterocycles. The van der Waals surface area contributed by atoms with Crippen molar-refractivity contribution in [2.75, 3.05) is 39.8 Å². The smallest absolute Gasteiger partial charge is 0.220 e. The molecule has 5 heteroatoms. The van der Waals surface area contributed by atoms with Crippen LogP contribution < -0.4 is 10.1 Å². The summed E-state index contributed by atoms with van der Waals surface area (Å²) >= 11 is 0. The fourth-order valence-electron chi connectivity index (χ4n) is 3.75. The Kier molecular flexibility index (Phi) is 8.92. The molecule has 31 heavy (non-hydrogen) atoms. The van der Waals surface area contributed by atoms with Crippen LogP contribution >= 0.6 is 0 Å². The molecule has 0 radical (unpaired) electrons. The fourth-order valence-corrected chi connectivity index (χ4v) is 3.75. The molecule has 1 saturated heterocycles. The Bertz CT molecular complexity index is 827. The maximum absolute atomic E-state index is 12.1. The summed E-state index contributed by atoms with van der Waals surface area (Å²) in [4.78, 5) is 17.0. The van der Waals surface area contributed by atoms with Gasteiger partial charge in [-0.15, -0.1) is 0 Å². The normalized spacial score (nSPS) is 15.1. The highest BCUT2D eigenvalue weighted by molar-refractivity contribution is 5.75. The second-order valence-electron chi connectivity index (χ2n) is 8.75. The molecule has 0 aliphatic carbocycles. The number of aryl methyl sites for hydroxylation is 2. The fraction of sp³-hybridized carbons (Fsp3) is 0.500. The third kappa shape index (κ3) is 8.00. The first-order chi connectivity index (χ1) is 15.0. The molecule has 0 unspecified atom stereocenters. The molecule has 0 spiro atoms. The molecule has 1 N–H and O–H groups in total. The van der Waals surface area contributed by atoms with Gasteiger partial charge in [0.25, 0.3) is 0 Å². The van der Waals surface area contributed by atoms with E-state index in [0.29, 0.717) is 19.6 Å². The number of likely N-dealkylation sites (N-methyl/N-ethyl adjacent to an activating group) is 1. The Morgan fingerprint density at radius 1 is 0.968 bits per heavy atom. The van der Waals surface area contributed by atoms with Crippen molar-refractivity contribution in [1.82, 2.24) is 15.1 Å². The van der Waals surface area contributed by atoms with Gasteiger partial charge >= 0.3 is 0 Å². The largest absolute Gasteiger partial charge is 0.493 e. The lowest BCUT2D eigenvalue weighted by Crippen LogP contribution is -2.43. The van der Waals surface area contributed by atoms with Crippen molar-refractivity contribution in [2.45, 2.75) is 46.2 Å². The molecular weight excluding hydrogens is 386 g/mol. The van der Waals surface area contributed by atoms with Crippen molar-refractivity contribution < 1.29 is 9.53 Å². The highest BCUT2D eigenvalue weighted by atomic mass is 16.5. The number of rotatable bonds is 10. The molecule has 1 amide bonds. The number of ether oxygens (including phenoxy) is 1. The van der Waals surface area contributed by atoms with Crippen LogP contribution in [0.1, 0.15) is 41.5 Å². The van der Waals surface area contributed by atoms with Gasteiger partial charge in [-0.25, -0.2) is 0 Å². The van der Waals surface area contributed by atoms with Gasteiger partial charge < -0.3 is 15.0 Å². The van der Waals surface area contributed by atoms with Gasteiger partial charge in [0.2, 0.25) is 5.91 Å². The number of hydrogen-bond donors (Lipinski definition) is 1. The number of nitrogens with one attached hydrogen (secondary N) is 1. The van der Waals surface area contributed by atoms with Crippen LogP contribution in [0, 0.1) is 13.8 Å². The molecule has 2 aromatic carbocycles. The number of amides is 1. The number of hydrogen-bond acceptors (Lipinski definition) is 4. The minimum absolute atomic E-state index is 0.105. The van der Waals surface area contributed by atoms with E-state index in [2.05, 4.69) is 78.5 Å². The second-order valence-corrected chi connectivity index (χ2v) is 8.75. The van der Waals surface area contributed by atoms with Gasteiger partial charge in [-0.1, -0.05) is 36.4 Å². The summed E-state index contributed by atoms with van der Waals surface area (Å²) < 4.78 is 5.86. The van der Waals surface area contributed by atoms with E-state index < -0.39 is 0 Å². The predicted molar refractivity (Wildman–Crippen MR) is 126 cm³/mol. The second kappa shape index (κ2) is 11.9. The first-order valence-corrected chi connectivity index (χ1v) is 11.4. The number of piperazine rings is 1. The van der Waals surface area contributed by atoms with Gasteiger partial charge in [-0.3, -0.25) is 9.69 Å². The molecule has 168 valence electrons. The van der Waals surface area contributed by atoms with Crippen LogP contribution in [0.5, 0.6) is 5.75 Å². The van der Waals surface area contributed by atoms with E-state index >= 15 is 0 Å². The minimum Gasteiger partial charge on any atom is -0.493 e. The summed E-state index contributed by atoms with van der Waals surface area (Å²) in [6.45, 7) is 10.9. The van der Waals surface area contributed by atoms with E-state index in [1.54, 1.807) is 0 Å². The van der Waals surface area contributed by atoms with Gasteiger partial charge in [0.1, 0.15) is 5.75 Å². The molecule has 3 rings (SSSR count). The maximum atomic E-state index is 12.1. The number of carbonyl (C=O) groups excluding carboxylic acids is 1. The summed E-state index contributed by atoms with van der Waals surface area (Å²) in [6, 6.07) is 14.9. The number of unbranched alkanes of at least 4 members (excludes halogenated alkanes) is 1. The van der Waals surface area contributed by atoms with Crippen molar-refractivity contribution in [1.29, 1.82) is 0 Å². The van der Waals surface area contributed by atoms with E-state index in [-0.39, 0.29) is 5.91 Å². The lowest BCUT2D eigenvalue weighted by Gasteiger charge is -2.32. The van der Waals surface area contributed by atoms with Crippen LogP contribution in [0.4, 0.5) is 0 Å². The molecule has 1 aliphatic rings. The van der Waals surface area contributed by atoms with Crippen LogP contribution in [-0.2, 0) is 17.9 Å². The molecule has 0 aromatic heterocycles. The summed E-state index contributed by atoms with van der Waals surface area (Å²) in [5.41, 5.74) is 4.84. The van der Waals surface area contributed by atoms with Crippen LogP contribution in [-0.4, -0.2) is 55.5 Å². The van der Waals surface area contributed by atoms with Crippen molar-refractivity contribution in [3.63, 3.8) is 0 Å². The Hall–Kier alpha value is -2.37. The molecule has 0 saturated carbocycles. The van der Waals surface area contributed by atoms with Gasteiger partial charge in [0, 0.05) is 45.7 Å². The van der Waals surface area contributed by atoms with E-state index in [9.17, 15) is 4.79 Å². The topological polar surface area (TPSA) is 44.8 Å². The van der Waals surface area contributed by atoms with E-state index in [1.165, 1.54) is 11.1 Å². The third-order valence-corrected chi connectivity index (χ3v) is 5.91. The molecule has 1 fully saturated rings. The number of carbonyl (C=O) groups is 1. The van der Waals surface area contributed by atoms with E-state index in [4.69, 9.17) is 4.74 Å². The first-order valence-electron chi connectivity index (χ1n) is 11.4. The summed E-state index contributed by atoms with van der Waals surface area (Å²) in [5, 5.41) is 3.03.